The number of nitrogens with one attached hydrogen (secondary N) is 1. The topological polar surface area (TPSA) is 71.3 Å². The number of halogens is 2. The number of aliphatic carboxylic acids is 1. The molecule has 2 aromatic heterocycles. The molecule has 2 aromatic carbocycles. The fraction of sp³-hybridized carbons (Fsp3) is 0.0476. The van der Waals surface area contributed by atoms with Crippen LogP contribution >= 0.6 is 38.9 Å². The van der Waals surface area contributed by atoms with E-state index < -0.39 is 12.0 Å². The van der Waals surface area contributed by atoms with Crippen molar-refractivity contribution in [1.82, 2.24) is 4.57 Å². The summed E-state index contributed by atoms with van der Waals surface area (Å²) in [7, 11) is 0. The van der Waals surface area contributed by atoms with Gasteiger partial charge < -0.3 is 10.4 Å². The van der Waals surface area contributed by atoms with Gasteiger partial charge in [-0.15, -0.1) is 11.3 Å². The second kappa shape index (κ2) is 8.02. The van der Waals surface area contributed by atoms with E-state index in [0.29, 0.717) is 26.0 Å². The van der Waals surface area contributed by atoms with Crippen LogP contribution in [0.3, 0.4) is 0 Å². The Balaban J connectivity index is 1.66. The average Bonchev–Trinajstić information content (AvgIpc) is 3.15. The lowest BCUT2D eigenvalue weighted by atomic mass is 10.1. The maximum atomic E-state index is 12.9. The lowest BCUT2D eigenvalue weighted by molar-refractivity contribution is -0.138. The van der Waals surface area contributed by atoms with E-state index in [1.54, 1.807) is 53.2 Å². The molecule has 0 saturated heterocycles. The van der Waals surface area contributed by atoms with Gasteiger partial charge in [0.1, 0.15) is 0 Å². The highest BCUT2D eigenvalue weighted by molar-refractivity contribution is 9.10. The quantitative estimate of drug-likeness (QED) is 0.377. The Morgan fingerprint density at radius 1 is 1.07 bits per heavy atom. The number of hydrogen-bond acceptors (Lipinski definition) is 4. The van der Waals surface area contributed by atoms with E-state index >= 15 is 0 Å². The maximum absolute atomic E-state index is 12.9. The SMILES string of the molecule is O=C(O)C(Nc1ccc(-n2cc(Br)c3ccccc3c2=O)cc1)c1ccc(Cl)s1. The molecule has 0 radical (unpaired) electrons. The van der Waals surface area contributed by atoms with Crippen LogP contribution in [-0.4, -0.2) is 15.6 Å². The number of nitrogens with zero attached hydrogens (tertiary/aromatic N) is 1. The number of benzene rings is 2. The number of carboxylic acids is 1. The minimum Gasteiger partial charge on any atom is -0.479 e. The number of carboxylic acid groups (broad SMARTS) is 1. The van der Waals surface area contributed by atoms with Crippen molar-refractivity contribution in [2.24, 2.45) is 0 Å². The predicted octanol–water partition coefficient (Wildman–Crippen LogP) is 5.71. The third kappa shape index (κ3) is 3.94. The van der Waals surface area contributed by atoms with Crippen molar-refractivity contribution in [2.45, 2.75) is 6.04 Å². The van der Waals surface area contributed by atoms with Gasteiger partial charge in [0, 0.05) is 37.7 Å². The first kappa shape index (κ1) is 19.7. The molecular weight excluding hydrogens is 476 g/mol. The Morgan fingerprint density at radius 3 is 2.38 bits per heavy atom. The fourth-order valence-corrected chi connectivity index (χ4v) is 4.72. The minimum absolute atomic E-state index is 0.124. The molecule has 1 unspecified atom stereocenters. The van der Waals surface area contributed by atoms with Gasteiger partial charge in [-0.1, -0.05) is 29.8 Å². The van der Waals surface area contributed by atoms with Crippen LogP contribution in [0.2, 0.25) is 4.34 Å². The normalized spacial score (nSPS) is 12.1. The van der Waals surface area contributed by atoms with Crippen molar-refractivity contribution >= 4 is 61.3 Å². The summed E-state index contributed by atoms with van der Waals surface area (Å²) in [6.45, 7) is 0. The van der Waals surface area contributed by atoms with Crippen molar-refractivity contribution in [3.8, 4) is 5.69 Å². The molecule has 0 aliphatic carbocycles. The summed E-state index contributed by atoms with van der Waals surface area (Å²) in [4.78, 5) is 25.1. The Bertz CT molecular complexity index is 1270. The third-order valence-electron chi connectivity index (χ3n) is 4.46. The first-order valence-corrected chi connectivity index (χ1v) is 10.6. The number of hydrogen-bond donors (Lipinski definition) is 2. The average molecular weight is 490 g/mol. The first-order valence-electron chi connectivity index (χ1n) is 8.59. The van der Waals surface area contributed by atoms with Crippen molar-refractivity contribution in [3.05, 3.63) is 90.9 Å². The molecule has 0 bridgehead atoms. The molecule has 4 rings (SSSR count). The summed E-state index contributed by atoms with van der Waals surface area (Å²) in [5.74, 6) is -0.998. The van der Waals surface area contributed by atoms with Crippen LogP contribution in [0.15, 0.2) is 76.1 Å². The summed E-state index contributed by atoms with van der Waals surface area (Å²) in [6, 6.07) is 16.9. The first-order chi connectivity index (χ1) is 13.9. The van der Waals surface area contributed by atoms with Crippen molar-refractivity contribution < 1.29 is 9.90 Å². The Kier molecular flexibility index (Phi) is 5.45. The molecule has 1 atom stereocenters. The highest BCUT2D eigenvalue weighted by Crippen LogP contribution is 2.30. The molecule has 2 heterocycles. The molecule has 146 valence electrons. The van der Waals surface area contributed by atoms with Crippen molar-refractivity contribution in [2.75, 3.05) is 5.32 Å². The lowest BCUT2D eigenvalue weighted by Crippen LogP contribution is -2.20. The van der Waals surface area contributed by atoms with E-state index in [4.69, 9.17) is 11.6 Å². The van der Waals surface area contributed by atoms with Gasteiger partial charge in [-0.2, -0.15) is 0 Å². The molecule has 2 N–H and O–H groups in total. The molecule has 5 nitrogen and oxygen atoms in total. The second-order valence-corrected chi connectivity index (χ2v) is 8.90. The number of pyridine rings is 1. The van der Waals surface area contributed by atoms with E-state index in [1.165, 1.54) is 11.3 Å². The second-order valence-electron chi connectivity index (χ2n) is 6.30. The van der Waals surface area contributed by atoms with Gasteiger partial charge >= 0.3 is 5.97 Å². The predicted molar refractivity (Wildman–Crippen MR) is 121 cm³/mol. The van der Waals surface area contributed by atoms with E-state index in [0.717, 1.165) is 9.86 Å². The van der Waals surface area contributed by atoms with Gasteiger partial charge in [0.05, 0.1) is 4.34 Å². The lowest BCUT2D eigenvalue weighted by Gasteiger charge is -2.15. The van der Waals surface area contributed by atoms with Crippen LogP contribution < -0.4 is 10.9 Å². The summed E-state index contributed by atoms with van der Waals surface area (Å²) in [5.41, 5.74) is 1.18. The van der Waals surface area contributed by atoms with E-state index in [-0.39, 0.29) is 5.56 Å². The van der Waals surface area contributed by atoms with Gasteiger partial charge in [0.2, 0.25) is 0 Å². The molecule has 0 fully saturated rings. The zero-order valence-electron chi connectivity index (χ0n) is 14.8. The number of thiophene rings is 1. The van der Waals surface area contributed by atoms with Crippen LogP contribution in [0.5, 0.6) is 0 Å². The van der Waals surface area contributed by atoms with Crippen LogP contribution in [0.4, 0.5) is 5.69 Å². The van der Waals surface area contributed by atoms with Crippen LogP contribution in [0, 0.1) is 0 Å². The van der Waals surface area contributed by atoms with Crippen molar-refractivity contribution in [1.29, 1.82) is 0 Å². The van der Waals surface area contributed by atoms with Crippen molar-refractivity contribution in [3.63, 3.8) is 0 Å². The smallest absolute Gasteiger partial charge is 0.331 e. The monoisotopic (exact) mass is 488 g/mol. The van der Waals surface area contributed by atoms with Gasteiger partial charge in [-0.05, 0) is 58.4 Å². The Labute approximate surface area is 183 Å². The van der Waals surface area contributed by atoms with E-state index in [1.807, 2.05) is 18.2 Å². The number of fused-ring (bicyclic) bond motifs is 1. The number of carbonyl (C=O) groups is 1. The molecule has 29 heavy (non-hydrogen) atoms. The van der Waals surface area contributed by atoms with Crippen LogP contribution in [0.25, 0.3) is 16.5 Å². The Morgan fingerprint density at radius 2 is 1.76 bits per heavy atom. The Hall–Kier alpha value is -2.61. The van der Waals surface area contributed by atoms with E-state index in [9.17, 15) is 14.7 Å². The summed E-state index contributed by atoms with van der Waals surface area (Å²) in [6.07, 6.45) is 1.74. The molecule has 0 spiro atoms. The molecular formula is C21H14BrClN2O3S. The zero-order chi connectivity index (χ0) is 20.5. The molecule has 0 aliphatic rings. The third-order valence-corrected chi connectivity index (χ3v) is 6.39. The highest BCUT2D eigenvalue weighted by Gasteiger charge is 2.21. The molecule has 0 saturated carbocycles. The highest BCUT2D eigenvalue weighted by atomic mass is 79.9. The van der Waals surface area contributed by atoms with Crippen LogP contribution in [0.1, 0.15) is 10.9 Å². The zero-order valence-corrected chi connectivity index (χ0v) is 18.0. The largest absolute Gasteiger partial charge is 0.479 e. The molecule has 0 amide bonds. The van der Waals surface area contributed by atoms with E-state index in [2.05, 4.69) is 21.2 Å². The number of rotatable bonds is 5. The minimum atomic E-state index is -0.998. The number of anilines is 1. The molecule has 4 aromatic rings. The van der Waals surface area contributed by atoms with Gasteiger partial charge in [0.15, 0.2) is 6.04 Å². The summed E-state index contributed by atoms with van der Waals surface area (Å²) < 4.78 is 2.91. The molecule has 0 aliphatic heterocycles. The number of aromatic nitrogens is 1. The van der Waals surface area contributed by atoms with Gasteiger partial charge in [0.25, 0.3) is 5.56 Å². The van der Waals surface area contributed by atoms with Crippen LogP contribution in [-0.2, 0) is 4.79 Å². The van der Waals surface area contributed by atoms with Gasteiger partial charge in [-0.25, -0.2) is 4.79 Å². The maximum Gasteiger partial charge on any atom is 0.331 e. The molecule has 8 heteroatoms. The summed E-state index contributed by atoms with van der Waals surface area (Å²) >= 11 is 10.7. The fourth-order valence-electron chi connectivity index (χ4n) is 3.06. The standard InChI is InChI=1S/C21H14BrClN2O3S/c22-16-11-25(20(26)15-4-2-1-3-14(15)16)13-7-5-12(6-8-13)24-19(21(27)28)17-9-10-18(23)29-17/h1-11,19,24H,(H,27,28). The summed E-state index contributed by atoms with van der Waals surface area (Å²) in [5, 5.41) is 14.0. The van der Waals surface area contributed by atoms with Gasteiger partial charge in [-0.3, -0.25) is 9.36 Å².